The van der Waals surface area contributed by atoms with Gasteiger partial charge in [0.15, 0.2) is 11.4 Å². The SMILES string of the molecule is Cc1c(C2CCN(C(=O)[C@H]3COCCN3C)CC2)sc2[nH]c(-c3cn4ncnc4c4c3CCO4)c(C(C)C)c12. The number of likely N-dealkylation sites (N-methyl/N-ethyl adjacent to an activating group) is 1. The summed E-state index contributed by atoms with van der Waals surface area (Å²) in [5.74, 6) is 1.92. The normalized spacial score (nSPS) is 20.8. The second-order valence-electron chi connectivity index (χ2n) is 11.5. The Morgan fingerprint density at radius 1 is 1.21 bits per heavy atom. The molecule has 7 heterocycles. The number of carbonyl (C=O) groups is 1. The highest BCUT2D eigenvalue weighted by molar-refractivity contribution is 7.19. The third-order valence-electron chi connectivity index (χ3n) is 8.89. The Morgan fingerprint density at radius 3 is 2.79 bits per heavy atom. The van der Waals surface area contributed by atoms with Crippen molar-refractivity contribution < 1.29 is 14.3 Å². The van der Waals surface area contributed by atoms with Gasteiger partial charge in [-0.3, -0.25) is 9.69 Å². The van der Waals surface area contributed by atoms with E-state index in [0.717, 1.165) is 55.9 Å². The van der Waals surface area contributed by atoms with E-state index >= 15 is 0 Å². The number of fused-ring (bicyclic) bond motifs is 4. The molecule has 2 fully saturated rings. The maximum Gasteiger partial charge on any atom is 0.242 e. The number of aryl methyl sites for hydroxylation is 1. The molecule has 0 unspecified atom stereocenters. The Morgan fingerprint density at radius 2 is 2.03 bits per heavy atom. The van der Waals surface area contributed by atoms with Gasteiger partial charge >= 0.3 is 0 Å². The van der Waals surface area contributed by atoms with Crippen LogP contribution >= 0.6 is 11.3 Å². The van der Waals surface area contributed by atoms with Gasteiger partial charge in [0.2, 0.25) is 5.91 Å². The fourth-order valence-corrected chi connectivity index (χ4v) is 8.18. The van der Waals surface area contributed by atoms with E-state index in [1.807, 2.05) is 22.9 Å². The van der Waals surface area contributed by atoms with Crippen molar-refractivity contribution in [2.75, 3.05) is 46.5 Å². The Labute approximate surface area is 232 Å². The van der Waals surface area contributed by atoms with E-state index in [1.54, 1.807) is 6.33 Å². The van der Waals surface area contributed by atoms with Crippen molar-refractivity contribution >= 4 is 33.1 Å². The van der Waals surface area contributed by atoms with E-state index < -0.39 is 0 Å². The molecule has 1 amide bonds. The summed E-state index contributed by atoms with van der Waals surface area (Å²) < 4.78 is 13.4. The van der Waals surface area contributed by atoms with Crippen molar-refractivity contribution in [3.8, 4) is 17.0 Å². The summed E-state index contributed by atoms with van der Waals surface area (Å²) in [6, 6.07) is -0.146. The van der Waals surface area contributed by atoms with Crippen LogP contribution in [0.5, 0.6) is 5.75 Å². The van der Waals surface area contributed by atoms with Crippen molar-refractivity contribution in [2.24, 2.45) is 0 Å². The molecule has 0 saturated carbocycles. The molecule has 9 nitrogen and oxygen atoms in total. The van der Waals surface area contributed by atoms with Crippen molar-refractivity contribution in [2.45, 2.75) is 57.9 Å². The number of pyridine rings is 1. The zero-order valence-corrected chi connectivity index (χ0v) is 23.9. The molecule has 10 heteroatoms. The number of carbonyl (C=O) groups excluding carboxylic acids is 1. The zero-order valence-electron chi connectivity index (χ0n) is 23.1. The van der Waals surface area contributed by atoms with Gasteiger partial charge in [0.05, 0.1) is 25.5 Å². The molecule has 3 aliphatic rings. The van der Waals surface area contributed by atoms with Crippen LogP contribution in [0.4, 0.5) is 0 Å². The molecule has 7 rings (SSSR count). The summed E-state index contributed by atoms with van der Waals surface area (Å²) in [4.78, 5) is 28.4. The van der Waals surface area contributed by atoms with Crippen LogP contribution in [0.15, 0.2) is 12.5 Å². The van der Waals surface area contributed by atoms with Crippen LogP contribution in [0.2, 0.25) is 0 Å². The summed E-state index contributed by atoms with van der Waals surface area (Å²) in [5.41, 5.74) is 7.11. The van der Waals surface area contributed by atoms with Crippen LogP contribution in [0.3, 0.4) is 0 Å². The molecule has 4 aromatic rings. The molecule has 0 bridgehead atoms. The zero-order chi connectivity index (χ0) is 26.8. The number of aromatic amines is 1. The van der Waals surface area contributed by atoms with E-state index in [2.05, 4.69) is 51.8 Å². The van der Waals surface area contributed by atoms with Gasteiger partial charge in [-0.05, 0) is 49.8 Å². The van der Waals surface area contributed by atoms with Crippen molar-refractivity contribution in [1.82, 2.24) is 29.4 Å². The number of aromatic nitrogens is 4. The second-order valence-corrected chi connectivity index (χ2v) is 12.6. The smallest absolute Gasteiger partial charge is 0.242 e. The number of rotatable bonds is 4. The number of ether oxygens (including phenoxy) is 2. The Bertz CT molecular complexity index is 1560. The molecule has 206 valence electrons. The molecule has 1 atom stereocenters. The lowest BCUT2D eigenvalue weighted by Gasteiger charge is -2.38. The molecule has 3 aliphatic heterocycles. The average Bonchev–Trinajstić information content (AvgIpc) is 3.72. The predicted molar refractivity (Wildman–Crippen MR) is 152 cm³/mol. The van der Waals surface area contributed by atoms with E-state index in [-0.39, 0.29) is 11.9 Å². The van der Waals surface area contributed by atoms with Gasteiger partial charge in [0.25, 0.3) is 0 Å². The van der Waals surface area contributed by atoms with E-state index in [0.29, 0.717) is 31.7 Å². The molecule has 1 N–H and O–H groups in total. The number of likely N-dealkylation sites (tertiary alicyclic amines) is 1. The van der Waals surface area contributed by atoms with Crippen LogP contribution < -0.4 is 4.74 Å². The van der Waals surface area contributed by atoms with Crippen LogP contribution in [0.25, 0.3) is 27.1 Å². The van der Waals surface area contributed by atoms with Crippen LogP contribution in [-0.2, 0) is 16.0 Å². The standard InChI is InChI=1S/C29H36N6O3S/c1-16(2)22-23-17(3)26(18-5-8-34(9-6-18)29(36)21-14-37-12-10-33(21)4)39-28(23)32-24(22)20-13-35-27(30-15-31-35)25-19(20)7-11-38-25/h13,15-16,18,21,32H,5-12,14H2,1-4H3/t21-/m1/s1. The fourth-order valence-electron chi connectivity index (χ4n) is 6.78. The minimum atomic E-state index is -0.146. The predicted octanol–water partition coefficient (Wildman–Crippen LogP) is 4.34. The maximum atomic E-state index is 13.2. The Balaban J connectivity index is 1.20. The first-order valence-corrected chi connectivity index (χ1v) is 14.9. The van der Waals surface area contributed by atoms with Gasteiger partial charge in [0, 0.05) is 53.6 Å². The maximum absolute atomic E-state index is 13.2. The first kappa shape index (κ1) is 25.0. The third kappa shape index (κ3) is 3.98. The Kier molecular flexibility index (Phi) is 6.17. The number of H-pyrrole nitrogens is 1. The second kappa shape index (κ2) is 9.60. The van der Waals surface area contributed by atoms with Gasteiger partial charge in [-0.25, -0.2) is 9.50 Å². The molecule has 39 heavy (non-hydrogen) atoms. The fraction of sp³-hybridized carbons (Fsp3) is 0.552. The summed E-state index contributed by atoms with van der Waals surface area (Å²) in [6.07, 6.45) is 6.58. The molecule has 0 radical (unpaired) electrons. The largest absolute Gasteiger partial charge is 0.489 e. The van der Waals surface area contributed by atoms with Crippen molar-refractivity contribution in [3.05, 3.63) is 34.1 Å². The summed E-state index contributed by atoms with van der Waals surface area (Å²) >= 11 is 1.90. The number of hydrogen-bond acceptors (Lipinski definition) is 7. The number of nitrogens with one attached hydrogen (secondary N) is 1. The Hall–Kier alpha value is -2.95. The number of thiophene rings is 1. The number of amides is 1. The lowest BCUT2D eigenvalue weighted by molar-refractivity contribution is -0.143. The molecule has 0 aromatic carbocycles. The quantitative estimate of drug-likeness (QED) is 0.408. The van der Waals surface area contributed by atoms with E-state index in [4.69, 9.17) is 9.47 Å². The van der Waals surface area contributed by atoms with Crippen LogP contribution in [0, 0.1) is 6.92 Å². The van der Waals surface area contributed by atoms with E-state index in [9.17, 15) is 4.79 Å². The molecular formula is C29H36N6O3S. The summed E-state index contributed by atoms with van der Waals surface area (Å²) in [6.45, 7) is 11.2. The average molecular weight is 549 g/mol. The highest BCUT2D eigenvalue weighted by atomic mass is 32.1. The lowest BCUT2D eigenvalue weighted by Crippen LogP contribution is -2.54. The number of piperidine rings is 1. The third-order valence-corrected chi connectivity index (χ3v) is 10.3. The first-order valence-electron chi connectivity index (χ1n) is 14.1. The van der Waals surface area contributed by atoms with Crippen LogP contribution in [-0.4, -0.2) is 87.8 Å². The number of nitrogens with zero attached hydrogens (tertiary/aromatic N) is 5. The van der Waals surface area contributed by atoms with Gasteiger partial charge < -0.3 is 19.4 Å². The van der Waals surface area contributed by atoms with Gasteiger partial charge in [-0.15, -0.1) is 11.3 Å². The number of hydrogen-bond donors (Lipinski definition) is 1. The molecule has 4 aromatic heterocycles. The summed E-state index contributed by atoms with van der Waals surface area (Å²) in [7, 11) is 2.03. The molecule has 2 saturated heterocycles. The highest BCUT2D eigenvalue weighted by Gasteiger charge is 2.34. The van der Waals surface area contributed by atoms with Gasteiger partial charge in [0.1, 0.15) is 17.2 Å². The minimum absolute atomic E-state index is 0.146. The van der Waals surface area contributed by atoms with Gasteiger partial charge in [-0.1, -0.05) is 13.8 Å². The topological polar surface area (TPSA) is 88.0 Å². The van der Waals surface area contributed by atoms with Crippen molar-refractivity contribution in [3.63, 3.8) is 0 Å². The first-order chi connectivity index (χ1) is 18.9. The van der Waals surface area contributed by atoms with E-state index in [1.165, 1.54) is 37.5 Å². The highest BCUT2D eigenvalue weighted by Crippen LogP contribution is 2.47. The van der Waals surface area contributed by atoms with Crippen molar-refractivity contribution in [1.29, 1.82) is 0 Å². The summed E-state index contributed by atoms with van der Waals surface area (Å²) in [5, 5.41) is 5.79. The lowest BCUT2D eigenvalue weighted by atomic mass is 9.89. The molecular weight excluding hydrogens is 512 g/mol. The van der Waals surface area contributed by atoms with Gasteiger partial charge in [-0.2, -0.15) is 5.10 Å². The molecule has 0 aliphatic carbocycles. The van der Waals surface area contributed by atoms with Crippen LogP contribution in [0.1, 0.15) is 60.1 Å². The monoisotopic (exact) mass is 548 g/mol. The number of morpholine rings is 1. The minimum Gasteiger partial charge on any atom is -0.489 e. The molecule has 0 spiro atoms.